The molecule has 2 atom stereocenters. The molecule has 0 amide bonds. The Morgan fingerprint density at radius 2 is 1.32 bits per heavy atom. The predicted molar refractivity (Wildman–Crippen MR) is 138 cm³/mol. The zero-order valence-electron chi connectivity index (χ0n) is 22.0. The lowest BCUT2D eigenvalue weighted by Gasteiger charge is -2.45. The van der Waals surface area contributed by atoms with Crippen LogP contribution in [0.5, 0.6) is 0 Å². The number of benzene rings is 1. The number of fused-ring (bicyclic) bond motifs is 7. The first-order chi connectivity index (χ1) is 16.0. The molecule has 1 saturated carbocycles. The molecular formula is C28H41N3O2S. The van der Waals surface area contributed by atoms with E-state index in [1.165, 1.54) is 46.2 Å². The highest BCUT2D eigenvalue weighted by atomic mass is 32.2. The second kappa shape index (κ2) is 8.19. The van der Waals surface area contributed by atoms with Crippen molar-refractivity contribution in [2.75, 3.05) is 0 Å². The molecule has 2 aromatic rings. The summed E-state index contributed by atoms with van der Waals surface area (Å²) in [6, 6.07) is -0.504. The number of aromatic nitrogens is 2. The SMILES string of the molecule is Cc1[nH]nc2c1C1c3c(C)c(C)c(C)c(C)c3C(N1S(=O)(=O)C1CCCCCCCC1)C2(C)C. The number of aryl methyl sites for hydroxylation is 1. The Morgan fingerprint density at radius 3 is 1.91 bits per heavy atom. The van der Waals surface area contributed by atoms with E-state index in [2.05, 4.69) is 46.6 Å². The van der Waals surface area contributed by atoms with Crippen LogP contribution in [-0.4, -0.2) is 28.2 Å². The molecule has 0 spiro atoms. The van der Waals surface area contributed by atoms with E-state index in [1.807, 2.05) is 11.2 Å². The molecule has 0 radical (unpaired) electrons. The molecule has 0 saturated heterocycles. The highest BCUT2D eigenvalue weighted by molar-refractivity contribution is 7.89. The molecule has 1 aromatic carbocycles. The number of hydrogen-bond acceptors (Lipinski definition) is 3. The van der Waals surface area contributed by atoms with Crippen LogP contribution in [0.3, 0.4) is 0 Å². The highest BCUT2D eigenvalue weighted by Crippen LogP contribution is 2.63. The van der Waals surface area contributed by atoms with Gasteiger partial charge in [0.1, 0.15) is 0 Å². The second-order valence-electron chi connectivity index (χ2n) is 11.7. The van der Waals surface area contributed by atoms with E-state index in [-0.39, 0.29) is 17.3 Å². The van der Waals surface area contributed by atoms with Gasteiger partial charge in [-0.1, -0.05) is 52.4 Å². The Bertz CT molecular complexity index is 1230. The highest BCUT2D eigenvalue weighted by Gasteiger charge is 2.60. The number of sulfonamides is 1. The average molecular weight is 484 g/mol. The fourth-order valence-corrected chi connectivity index (χ4v) is 9.62. The molecule has 1 aliphatic carbocycles. The third-order valence-electron chi connectivity index (χ3n) is 9.42. The number of aromatic amines is 1. The lowest BCUT2D eigenvalue weighted by atomic mass is 9.75. The van der Waals surface area contributed by atoms with Gasteiger partial charge in [-0.25, -0.2) is 8.42 Å². The number of rotatable bonds is 2. The minimum Gasteiger partial charge on any atom is -0.282 e. The van der Waals surface area contributed by atoms with Crippen LogP contribution in [0.2, 0.25) is 0 Å². The lowest BCUT2D eigenvalue weighted by molar-refractivity contribution is 0.193. The monoisotopic (exact) mass is 483 g/mol. The van der Waals surface area contributed by atoms with Gasteiger partial charge in [0, 0.05) is 16.7 Å². The molecule has 34 heavy (non-hydrogen) atoms. The first kappa shape index (κ1) is 24.1. The van der Waals surface area contributed by atoms with E-state index in [4.69, 9.17) is 5.10 Å². The normalized spacial score (nSPS) is 25.4. The molecule has 186 valence electrons. The maximum Gasteiger partial charge on any atom is 0.218 e. The maximum absolute atomic E-state index is 14.7. The van der Waals surface area contributed by atoms with E-state index in [0.29, 0.717) is 0 Å². The summed E-state index contributed by atoms with van der Waals surface area (Å²) in [4.78, 5) is 0. The molecule has 3 heterocycles. The van der Waals surface area contributed by atoms with Crippen LogP contribution in [-0.2, 0) is 15.4 Å². The van der Waals surface area contributed by atoms with Crippen molar-refractivity contribution in [1.82, 2.24) is 14.5 Å². The smallest absolute Gasteiger partial charge is 0.218 e. The Hall–Kier alpha value is -1.66. The van der Waals surface area contributed by atoms with Crippen LogP contribution >= 0.6 is 0 Å². The zero-order valence-corrected chi connectivity index (χ0v) is 22.8. The summed E-state index contributed by atoms with van der Waals surface area (Å²) in [7, 11) is -3.52. The van der Waals surface area contributed by atoms with Crippen molar-refractivity contribution in [3.63, 3.8) is 0 Å². The van der Waals surface area contributed by atoms with Gasteiger partial charge in [-0.05, 0) is 80.8 Å². The van der Waals surface area contributed by atoms with Gasteiger partial charge in [0.15, 0.2) is 0 Å². The van der Waals surface area contributed by atoms with Crippen LogP contribution in [0.4, 0.5) is 0 Å². The fourth-order valence-electron chi connectivity index (χ4n) is 7.18. The number of H-pyrrole nitrogens is 1. The standard InChI is InChI=1S/C28H41N3O2S/c1-16-17(2)19(4)23-22(18(16)3)25-24-20(5)29-30-26(24)28(6,7)27(23)31(25)34(32,33)21-14-12-10-8-9-11-13-15-21/h21,25,27H,8-15H2,1-7H3,(H,29,30). The van der Waals surface area contributed by atoms with Crippen molar-refractivity contribution in [2.24, 2.45) is 0 Å². The van der Waals surface area contributed by atoms with Gasteiger partial charge in [0.05, 0.1) is 23.0 Å². The van der Waals surface area contributed by atoms with Gasteiger partial charge in [-0.3, -0.25) is 5.10 Å². The van der Waals surface area contributed by atoms with Crippen LogP contribution in [0.1, 0.15) is 128 Å². The summed E-state index contributed by atoms with van der Waals surface area (Å²) >= 11 is 0. The zero-order chi connectivity index (χ0) is 24.6. The summed E-state index contributed by atoms with van der Waals surface area (Å²) in [6.07, 6.45) is 8.33. The molecule has 1 aromatic heterocycles. The quantitative estimate of drug-likeness (QED) is 0.529. The summed E-state index contributed by atoms with van der Waals surface area (Å²) in [5, 5.41) is 7.68. The lowest BCUT2D eigenvalue weighted by Crippen LogP contribution is -2.49. The minimum atomic E-state index is -3.52. The van der Waals surface area contributed by atoms with E-state index < -0.39 is 15.4 Å². The third-order valence-corrected chi connectivity index (χ3v) is 11.7. The van der Waals surface area contributed by atoms with Gasteiger partial charge in [-0.2, -0.15) is 9.40 Å². The molecule has 2 aliphatic heterocycles. The van der Waals surface area contributed by atoms with Crippen molar-refractivity contribution < 1.29 is 8.42 Å². The molecule has 2 unspecified atom stereocenters. The first-order valence-electron chi connectivity index (χ1n) is 13.2. The van der Waals surface area contributed by atoms with E-state index >= 15 is 0 Å². The number of nitrogens with one attached hydrogen (secondary N) is 1. The minimum absolute atomic E-state index is 0.224. The maximum atomic E-state index is 14.7. The molecule has 1 N–H and O–H groups in total. The van der Waals surface area contributed by atoms with E-state index in [1.54, 1.807) is 0 Å². The van der Waals surface area contributed by atoms with E-state index in [9.17, 15) is 8.42 Å². The molecule has 5 rings (SSSR count). The van der Waals surface area contributed by atoms with Crippen LogP contribution in [0.25, 0.3) is 0 Å². The summed E-state index contributed by atoms with van der Waals surface area (Å²) in [5.41, 5.74) is 10.2. The second-order valence-corrected chi connectivity index (χ2v) is 13.8. The first-order valence-corrected chi connectivity index (χ1v) is 14.7. The predicted octanol–water partition coefficient (Wildman–Crippen LogP) is 6.52. The van der Waals surface area contributed by atoms with Crippen molar-refractivity contribution in [2.45, 2.75) is 123 Å². The van der Waals surface area contributed by atoms with Crippen molar-refractivity contribution in [3.05, 3.63) is 50.3 Å². The fraction of sp³-hybridized carbons (Fsp3) is 0.679. The Balaban J connectivity index is 1.77. The average Bonchev–Trinajstić information content (AvgIpc) is 3.36. The summed E-state index contributed by atoms with van der Waals surface area (Å²) in [5.74, 6) is 0. The molecule has 1 fully saturated rings. The van der Waals surface area contributed by atoms with Gasteiger partial charge < -0.3 is 0 Å². The van der Waals surface area contributed by atoms with Crippen LogP contribution in [0, 0.1) is 34.6 Å². The summed E-state index contributed by atoms with van der Waals surface area (Å²) < 4.78 is 31.3. The topological polar surface area (TPSA) is 66.1 Å². The molecule has 2 bridgehead atoms. The van der Waals surface area contributed by atoms with Crippen molar-refractivity contribution in [1.29, 1.82) is 0 Å². The van der Waals surface area contributed by atoms with Crippen molar-refractivity contribution >= 4 is 10.0 Å². The van der Waals surface area contributed by atoms with Crippen LogP contribution in [0.15, 0.2) is 0 Å². The van der Waals surface area contributed by atoms with E-state index in [0.717, 1.165) is 55.5 Å². The molecule has 3 aliphatic rings. The molecular weight excluding hydrogens is 442 g/mol. The summed E-state index contributed by atoms with van der Waals surface area (Å²) in [6.45, 7) is 15.2. The largest absolute Gasteiger partial charge is 0.282 e. The molecule has 6 heteroatoms. The van der Waals surface area contributed by atoms with Gasteiger partial charge in [0.25, 0.3) is 0 Å². The van der Waals surface area contributed by atoms with Crippen molar-refractivity contribution in [3.8, 4) is 0 Å². The number of nitrogens with zero attached hydrogens (tertiary/aromatic N) is 2. The van der Waals surface area contributed by atoms with Crippen LogP contribution < -0.4 is 0 Å². The Kier molecular flexibility index (Phi) is 5.80. The van der Waals surface area contributed by atoms with Gasteiger partial charge in [0.2, 0.25) is 10.0 Å². The third kappa shape index (κ3) is 3.20. The molecule has 5 nitrogen and oxygen atoms in total. The Labute approximate surface area is 205 Å². The number of hydrogen-bond donors (Lipinski definition) is 1. The van der Waals surface area contributed by atoms with Gasteiger partial charge in [-0.15, -0.1) is 0 Å². The Morgan fingerprint density at radius 1 is 0.794 bits per heavy atom. The van der Waals surface area contributed by atoms with Gasteiger partial charge >= 0.3 is 0 Å².